The highest BCUT2D eigenvalue weighted by atomic mass is 32.2. The molecule has 2 aromatic heterocycles. The first-order valence-corrected chi connectivity index (χ1v) is 14.7. The quantitative estimate of drug-likeness (QED) is 0.220. The number of rotatable bonds is 2. The van der Waals surface area contributed by atoms with E-state index in [1.165, 1.54) is 68.7 Å². The van der Waals surface area contributed by atoms with Gasteiger partial charge in [-0.15, -0.1) is 11.3 Å². The van der Waals surface area contributed by atoms with Crippen LogP contribution in [0.1, 0.15) is 0 Å². The zero-order chi connectivity index (χ0) is 25.5. The SMILES string of the molecule is c1cc2c3c(cccc3c1)-c1cc(-c3ccc(-c4cccc5oc6c7ccccc7ccc6c45)s3)ccc1S2. The van der Waals surface area contributed by atoms with Gasteiger partial charge >= 0.3 is 0 Å². The Balaban J connectivity index is 1.19. The van der Waals surface area contributed by atoms with Gasteiger partial charge in [-0.3, -0.25) is 0 Å². The average Bonchev–Trinajstić information content (AvgIpc) is 3.63. The molecule has 3 heteroatoms. The summed E-state index contributed by atoms with van der Waals surface area (Å²) >= 11 is 3.73. The molecule has 6 aromatic carbocycles. The van der Waals surface area contributed by atoms with Gasteiger partial charge in [0.2, 0.25) is 0 Å². The van der Waals surface area contributed by atoms with Crippen molar-refractivity contribution in [2.75, 3.05) is 0 Å². The van der Waals surface area contributed by atoms with Crippen molar-refractivity contribution in [2.24, 2.45) is 0 Å². The Bertz CT molecular complexity index is 2260. The van der Waals surface area contributed by atoms with Gasteiger partial charge in [0, 0.05) is 46.7 Å². The average molecular weight is 533 g/mol. The van der Waals surface area contributed by atoms with Gasteiger partial charge in [0.15, 0.2) is 0 Å². The van der Waals surface area contributed by atoms with Gasteiger partial charge in [-0.2, -0.15) is 0 Å². The predicted molar refractivity (Wildman–Crippen MR) is 167 cm³/mol. The molecule has 1 nitrogen and oxygen atoms in total. The van der Waals surface area contributed by atoms with E-state index >= 15 is 0 Å². The fourth-order valence-corrected chi connectivity index (χ4v) is 8.28. The number of benzene rings is 6. The Kier molecular flexibility index (Phi) is 4.48. The number of hydrogen-bond acceptors (Lipinski definition) is 3. The van der Waals surface area contributed by atoms with Crippen molar-refractivity contribution in [2.45, 2.75) is 9.79 Å². The molecule has 39 heavy (non-hydrogen) atoms. The van der Waals surface area contributed by atoms with Gasteiger partial charge in [-0.25, -0.2) is 0 Å². The third-order valence-electron chi connectivity index (χ3n) is 7.90. The van der Waals surface area contributed by atoms with E-state index in [1.807, 2.05) is 23.1 Å². The molecular formula is C36H20OS2. The lowest BCUT2D eigenvalue weighted by Gasteiger charge is -2.20. The Morgan fingerprint density at radius 3 is 2.28 bits per heavy atom. The fraction of sp³-hybridized carbons (Fsp3) is 0. The molecular weight excluding hydrogens is 513 g/mol. The van der Waals surface area contributed by atoms with Crippen molar-refractivity contribution >= 4 is 66.6 Å². The van der Waals surface area contributed by atoms with Crippen LogP contribution in [-0.2, 0) is 0 Å². The summed E-state index contributed by atoms with van der Waals surface area (Å²) < 4.78 is 6.44. The molecule has 182 valence electrons. The molecule has 0 unspecified atom stereocenters. The Hall–Kier alpha value is -4.31. The summed E-state index contributed by atoms with van der Waals surface area (Å²) in [6, 6.07) is 44.0. The molecule has 1 aliphatic heterocycles. The molecule has 0 N–H and O–H groups in total. The highest BCUT2D eigenvalue weighted by molar-refractivity contribution is 7.99. The summed E-state index contributed by atoms with van der Waals surface area (Å²) in [4.78, 5) is 5.20. The monoisotopic (exact) mass is 532 g/mol. The minimum Gasteiger partial charge on any atom is -0.455 e. The van der Waals surface area contributed by atoms with Crippen molar-refractivity contribution in [3.05, 3.63) is 121 Å². The molecule has 0 amide bonds. The molecule has 0 bridgehead atoms. The zero-order valence-electron chi connectivity index (χ0n) is 20.8. The van der Waals surface area contributed by atoms with Crippen LogP contribution >= 0.6 is 23.1 Å². The molecule has 0 atom stereocenters. The number of furan rings is 1. The first kappa shape index (κ1) is 21.6. The van der Waals surface area contributed by atoms with Gasteiger partial charge in [-0.05, 0) is 69.9 Å². The van der Waals surface area contributed by atoms with Crippen LogP contribution in [0.5, 0.6) is 0 Å². The van der Waals surface area contributed by atoms with Crippen molar-refractivity contribution in [1.82, 2.24) is 0 Å². The largest absolute Gasteiger partial charge is 0.455 e. The zero-order valence-corrected chi connectivity index (χ0v) is 22.4. The third-order valence-corrected chi connectivity index (χ3v) is 10.2. The van der Waals surface area contributed by atoms with Crippen LogP contribution in [0, 0.1) is 0 Å². The van der Waals surface area contributed by atoms with Crippen LogP contribution in [0.15, 0.2) is 136 Å². The molecule has 0 fully saturated rings. The molecule has 8 aromatic rings. The minimum atomic E-state index is 0.936. The second-order valence-corrected chi connectivity index (χ2v) is 12.2. The molecule has 0 saturated heterocycles. The Morgan fingerprint density at radius 2 is 1.31 bits per heavy atom. The summed E-state index contributed by atoms with van der Waals surface area (Å²) in [6.07, 6.45) is 0. The maximum absolute atomic E-state index is 6.44. The summed E-state index contributed by atoms with van der Waals surface area (Å²) in [7, 11) is 0. The van der Waals surface area contributed by atoms with Gasteiger partial charge in [-0.1, -0.05) is 90.6 Å². The lowest BCUT2D eigenvalue weighted by molar-refractivity contribution is 0.673. The smallest absolute Gasteiger partial charge is 0.143 e. The second-order valence-electron chi connectivity index (χ2n) is 10.1. The molecule has 0 saturated carbocycles. The van der Waals surface area contributed by atoms with E-state index in [0.29, 0.717) is 0 Å². The number of hydrogen-bond donors (Lipinski definition) is 0. The summed E-state index contributed by atoms with van der Waals surface area (Å²) in [6.45, 7) is 0. The van der Waals surface area contributed by atoms with E-state index in [-0.39, 0.29) is 0 Å². The Labute approximate surface area is 233 Å². The van der Waals surface area contributed by atoms with Gasteiger partial charge in [0.25, 0.3) is 0 Å². The summed E-state index contributed by atoms with van der Waals surface area (Å²) in [5.41, 5.74) is 7.05. The van der Waals surface area contributed by atoms with E-state index in [1.54, 1.807) is 0 Å². The van der Waals surface area contributed by atoms with Crippen molar-refractivity contribution in [1.29, 1.82) is 0 Å². The topological polar surface area (TPSA) is 13.1 Å². The van der Waals surface area contributed by atoms with Crippen LogP contribution in [0.25, 0.3) is 75.5 Å². The second kappa shape index (κ2) is 8.09. The third kappa shape index (κ3) is 3.15. The van der Waals surface area contributed by atoms with Crippen molar-refractivity contribution in [3.8, 4) is 32.0 Å². The molecule has 1 aliphatic rings. The predicted octanol–water partition coefficient (Wildman–Crippen LogP) is 11.4. The van der Waals surface area contributed by atoms with Crippen molar-refractivity contribution < 1.29 is 4.42 Å². The summed E-state index contributed by atoms with van der Waals surface area (Å²) in [5, 5.41) is 7.40. The standard InChI is InChI=1S/C36H20OS2/c1-2-9-24-21(6-1)14-16-27-35-26(11-5-12-29(35)37-36(24)27)31-19-18-30(38-31)23-15-17-32-28(20-23)25-10-3-7-22-8-4-13-33(39-32)34(22)25/h1-20H. The maximum Gasteiger partial charge on any atom is 0.143 e. The highest BCUT2D eigenvalue weighted by Gasteiger charge is 2.20. The lowest BCUT2D eigenvalue weighted by atomic mass is 9.96. The van der Waals surface area contributed by atoms with Crippen molar-refractivity contribution in [3.63, 3.8) is 0 Å². The Morgan fingerprint density at radius 1 is 0.487 bits per heavy atom. The van der Waals surface area contributed by atoms with E-state index in [9.17, 15) is 0 Å². The number of thiophene rings is 1. The first-order chi connectivity index (χ1) is 19.3. The minimum absolute atomic E-state index is 0.936. The van der Waals surface area contributed by atoms with Gasteiger partial charge < -0.3 is 4.42 Å². The molecule has 3 heterocycles. The van der Waals surface area contributed by atoms with E-state index < -0.39 is 0 Å². The van der Waals surface area contributed by atoms with E-state index in [0.717, 1.165) is 16.6 Å². The van der Waals surface area contributed by atoms with Crippen LogP contribution in [-0.4, -0.2) is 0 Å². The van der Waals surface area contributed by atoms with E-state index in [2.05, 4.69) is 121 Å². The van der Waals surface area contributed by atoms with Crippen LogP contribution < -0.4 is 0 Å². The lowest BCUT2D eigenvalue weighted by Crippen LogP contribution is -1.93. The fourth-order valence-electron chi connectivity index (χ4n) is 6.11. The molecule has 9 rings (SSSR count). The van der Waals surface area contributed by atoms with Crippen LogP contribution in [0.3, 0.4) is 0 Å². The first-order valence-electron chi connectivity index (χ1n) is 13.1. The molecule has 0 spiro atoms. The summed E-state index contributed by atoms with van der Waals surface area (Å²) in [5.74, 6) is 0. The van der Waals surface area contributed by atoms with Crippen LogP contribution in [0.2, 0.25) is 0 Å². The van der Waals surface area contributed by atoms with E-state index in [4.69, 9.17) is 4.42 Å². The normalized spacial score (nSPS) is 12.5. The molecule has 0 radical (unpaired) electrons. The number of fused-ring (bicyclic) bond motifs is 7. The maximum atomic E-state index is 6.44. The molecule has 0 aliphatic carbocycles. The highest BCUT2D eigenvalue weighted by Crippen LogP contribution is 2.49. The van der Waals surface area contributed by atoms with Crippen LogP contribution in [0.4, 0.5) is 0 Å². The van der Waals surface area contributed by atoms with Gasteiger partial charge in [0.1, 0.15) is 11.2 Å². The van der Waals surface area contributed by atoms with Gasteiger partial charge in [0.05, 0.1) is 0 Å².